The lowest BCUT2D eigenvalue weighted by atomic mass is 9.95. The molecule has 6 heteroatoms. The Labute approximate surface area is 206 Å². The monoisotopic (exact) mass is 468 g/mol. The molecule has 0 unspecified atom stereocenters. The van der Waals surface area contributed by atoms with E-state index in [1.54, 1.807) is 0 Å². The van der Waals surface area contributed by atoms with Crippen LogP contribution in [0, 0.1) is 12.8 Å². The molecule has 1 N–H and O–H groups in total. The van der Waals surface area contributed by atoms with Gasteiger partial charge in [0.15, 0.2) is 0 Å². The summed E-state index contributed by atoms with van der Waals surface area (Å²) in [5.41, 5.74) is 1.92. The van der Waals surface area contributed by atoms with E-state index in [0.717, 1.165) is 56.6 Å². The molecule has 34 heavy (non-hydrogen) atoms. The average Bonchev–Trinajstić information content (AvgIpc) is 3.38. The first-order chi connectivity index (χ1) is 16.5. The molecule has 6 nitrogen and oxygen atoms in total. The lowest BCUT2D eigenvalue weighted by molar-refractivity contribution is -0.129. The van der Waals surface area contributed by atoms with Crippen molar-refractivity contribution in [2.75, 3.05) is 45.8 Å². The van der Waals surface area contributed by atoms with Gasteiger partial charge in [-0.15, -0.1) is 0 Å². The Morgan fingerprint density at radius 2 is 1.62 bits per heavy atom. The molecule has 0 bridgehead atoms. The second-order valence-corrected chi connectivity index (χ2v) is 10.7. The first-order valence-electron chi connectivity index (χ1n) is 13.6. The van der Waals surface area contributed by atoms with E-state index in [2.05, 4.69) is 22.0 Å². The van der Waals surface area contributed by atoms with Crippen LogP contribution in [0.5, 0.6) is 0 Å². The molecule has 1 saturated carbocycles. The van der Waals surface area contributed by atoms with Crippen molar-refractivity contribution in [3.8, 4) is 0 Å². The van der Waals surface area contributed by atoms with Crippen LogP contribution in [0.15, 0.2) is 24.3 Å². The summed E-state index contributed by atoms with van der Waals surface area (Å²) >= 11 is 0. The van der Waals surface area contributed by atoms with Crippen LogP contribution in [0.3, 0.4) is 0 Å². The van der Waals surface area contributed by atoms with Crippen molar-refractivity contribution in [2.45, 2.75) is 77.3 Å². The summed E-state index contributed by atoms with van der Waals surface area (Å²) in [5, 5.41) is 3.29. The first kappa shape index (κ1) is 25.2. The molecule has 2 heterocycles. The molecule has 3 fully saturated rings. The normalized spacial score (nSPS) is 23.7. The summed E-state index contributed by atoms with van der Waals surface area (Å²) in [6, 6.07) is 8.46. The minimum atomic E-state index is -0.0481. The minimum Gasteiger partial charge on any atom is -0.355 e. The lowest BCUT2D eigenvalue weighted by Crippen LogP contribution is -2.58. The highest BCUT2D eigenvalue weighted by Crippen LogP contribution is 2.31. The van der Waals surface area contributed by atoms with Crippen LogP contribution in [0.4, 0.5) is 0 Å². The van der Waals surface area contributed by atoms with Crippen molar-refractivity contribution in [3.63, 3.8) is 0 Å². The Morgan fingerprint density at radius 1 is 0.941 bits per heavy atom. The number of hydrogen-bond donors (Lipinski definition) is 1. The zero-order valence-electron chi connectivity index (χ0n) is 21.3. The number of benzene rings is 1. The molecule has 1 aromatic carbocycles. The summed E-state index contributed by atoms with van der Waals surface area (Å²) in [5.74, 6) is 0.756. The number of likely N-dealkylation sites (tertiary alicyclic amines) is 1. The lowest BCUT2D eigenvalue weighted by Gasteiger charge is -2.41. The predicted molar refractivity (Wildman–Crippen MR) is 137 cm³/mol. The van der Waals surface area contributed by atoms with Gasteiger partial charge in [-0.25, -0.2) is 0 Å². The van der Waals surface area contributed by atoms with E-state index in [1.807, 2.05) is 36.1 Å². The topological polar surface area (TPSA) is 55.9 Å². The highest BCUT2D eigenvalue weighted by Gasteiger charge is 2.37. The molecule has 4 rings (SSSR count). The largest absolute Gasteiger partial charge is 0.355 e. The SMILES string of the molecule is Cc1ccc(C(=O)N2CCN([C@@H](C(=O)NCCCN3CCCC[C@H]3C)C3CCCC3)CC2)cc1. The maximum absolute atomic E-state index is 13.4. The van der Waals surface area contributed by atoms with Crippen molar-refractivity contribution in [3.05, 3.63) is 35.4 Å². The number of carbonyl (C=O) groups excluding carboxylic acids is 2. The van der Waals surface area contributed by atoms with Crippen LogP contribution < -0.4 is 5.32 Å². The molecule has 2 saturated heterocycles. The molecule has 0 radical (unpaired) electrons. The number of nitrogens with one attached hydrogen (secondary N) is 1. The van der Waals surface area contributed by atoms with Crippen LogP contribution in [0.2, 0.25) is 0 Å². The Hall–Kier alpha value is -1.92. The fraction of sp³-hybridized carbons (Fsp3) is 0.714. The highest BCUT2D eigenvalue weighted by molar-refractivity contribution is 5.94. The van der Waals surface area contributed by atoms with Crippen LogP contribution in [-0.4, -0.2) is 84.4 Å². The van der Waals surface area contributed by atoms with E-state index in [1.165, 1.54) is 38.6 Å². The summed E-state index contributed by atoms with van der Waals surface area (Å²) < 4.78 is 0. The second kappa shape index (κ2) is 12.2. The van der Waals surface area contributed by atoms with E-state index in [4.69, 9.17) is 0 Å². The minimum absolute atomic E-state index is 0.0481. The Morgan fingerprint density at radius 3 is 2.29 bits per heavy atom. The number of rotatable bonds is 8. The van der Waals surface area contributed by atoms with E-state index < -0.39 is 0 Å². The number of piperazine rings is 1. The van der Waals surface area contributed by atoms with E-state index in [-0.39, 0.29) is 17.9 Å². The highest BCUT2D eigenvalue weighted by atomic mass is 16.2. The first-order valence-corrected chi connectivity index (χ1v) is 13.6. The molecular weight excluding hydrogens is 424 g/mol. The number of aryl methyl sites for hydroxylation is 1. The average molecular weight is 469 g/mol. The zero-order valence-corrected chi connectivity index (χ0v) is 21.3. The molecule has 2 aliphatic heterocycles. The third-order valence-electron chi connectivity index (χ3n) is 8.27. The Bertz CT molecular complexity index is 797. The van der Waals surface area contributed by atoms with Gasteiger partial charge in [0.05, 0.1) is 6.04 Å². The third kappa shape index (κ3) is 6.39. The molecular formula is C28H44N4O2. The van der Waals surface area contributed by atoms with Gasteiger partial charge in [-0.2, -0.15) is 0 Å². The summed E-state index contributed by atoms with van der Waals surface area (Å²) in [6.45, 7) is 10.3. The van der Waals surface area contributed by atoms with Crippen molar-refractivity contribution in [1.82, 2.24) is 20.0 Å². The van der Waals surface area contributed by atoms with Crippen LogP contribution in [-0.2, 0) is 4.79 Å². The number of carbonyl (C=O) groups is 2. The number of nitrogens with zero attached hydrogens (tertiary/aromatic N) is 3. The molecule has 0 aromatic heterocycles. The van der Waals surface area contributed by atoms with Gasteiger partial charge in [0, 0.05) is 50.9 Å². The summed E-state index contributed by atoms with van der Waals surface area (Å²) in [7, 11) is 0. The Kier molecular flexibility index (Phi) is 9.01. The van der Waals surface area contributed by atoms with Gasteiger partial charge in [-0.3, -0.25) is 14.5 Å². The molecule has 1 aromatic rings. The van der Waals surface area contributed by atoms with Crippen molar-refractivity contribution >= 4 is 11.8 Å². The maximum Gasteiger partial charge on any atom is 0.253 e. The smallest absolute Gasteiger partial charge is 0.253 e. The zero-order chi connectivity index (χ0) is 23.9. The standard InChI is InChI=1S/C28H44N4O2/c1-22-11-13-25(14-12-22)28(34)32-20-18-31(19-21-32)26(24-9-3-4-10-24)27(33)29-15-7-17-30-16-6-5-8-23(30)2/h11-14,23-24,26H,3-10,15-21H2,1-2H3,(H,29,33)/t23-,26-/m1/s1. The van der Waals surface area contributed by atoms with Gasteiger partial charge in [-0.05, 0) is 70.5 Å². The fourth-order valence-corrected chi connectivity index (χ4v) is 6.12. The molecule has 2 atom stereocenters. The van der Waals surface area contributed by atoms with Gasteiger partial charge in [0.2, 0.25) is 5.91 Å². The number of hydrogen-bond acceptors (Lipinski definition) is 4. The fourth-order valence-electron chi connectivity index (χ4n) is 6.12. The molecule has 188 valence electrons. The van der Waals surface area contributed by atoms with Gasteiger partial charge in [-0.1, -0.05) is 37.0 Å². The van der Waals surface area contributed by atoms with Gasteiger partial charge >= 0.3 is 0 Å². The van der Waals surface area contributed by atoms with Crippen LogP contribution in [0.1, 0.15) is 74.2 Å². The quantitative estimate of drug-likeness (QED) is 0.591. The van der Waals surface area contributed by atoms with Crippen LogP contribution >= 0.6 is 0 Å². The van der Waals surface area contributed by atoms with E-state index in [9.17, 15) is 9.59 Å². The van der Waals surface area contributed by atoms with E-state index >= 15 is 0 Å². The summed E-state index contributed by atoms with van der Waals surface area (Å²) in [6.07, 6.45) is 9.72. The van der Waals surface area contributed by atoms with E-state index in [0.29, 0.717) is 25.0 Å². The van der Waals surface area contributed by atoms with Gasteiger partial charge in [0.1, 0.15) is 0 Å². The van der Waals surface area contributed by atoms with Crippen LogP contribution in [0.25, 0.3) is 0 Å². The number of piperidine rings is 1. The Balaban J connectivity index is 1.28. The third-order valence-corrected chi connectivity index (χ3v) is 8.27. The molecule has 2 amide bonds. The maximum atomic E-state index is 13.4. The summed E-state index contributed by atoms with van der Waals surface area (Å²) in [4.78, 5) is 33.2. The van der Waals surface area contributed by atoms with Crippen molar-refractivity contribution < 1.29 is 9.59 Å². The predicted octanol–water partition coefficient (Wildman–Crippen LogP) is 3.69. The molecule has 1 aliphatic carbocycles. The number of amides is 2. The van der Waals surface area contributed by atoms with Crippen molar-refractivity contribution in [2.24, 2.45) is 5.92 Å². The molecule has 0 spiro atoms. The van der Waals surface area contributed by atoms with Gasteiger partial charge < -0.3 is 15.1 Å². The second-order valence-electron chi connectivity index (χ2n) is 10.7. The van der Waals surface area contributed by atoms with Gasteiger partial charge in [0.25, 0.3) is 5.91 Å². The van der Waals surface area contributed by atoms with Crippen molar-refractivity contribution in [1.29, 1.82) is 0 Å². The molecule has 3 aliphatic rings.